The van der Waals surface area contributed by atoms with E-state index in [-0.39, 0.29) is 11.0 Å². The second kappa shape index (κ2) is 11.4. The number of imidazole rings is 1. The number of carbonyl (C=O) groups is 1. The number of anilines is 1. The molecule has 1 amide bonds. The van der Waals surface area contributed by atoms with Crippen LogP contribution in [0.4, 0.5) is 5.69 Å². The number of ether oxygens (including phenoxy) is 1. The molecular weight excluding hydrogens is 563 g/mol. The number of aromatic nitrogens is 2. The van der Waals surface area contributed by atoms with Gasteiger partial charge in [0.25, 0.3) is 5.91 Å². The van der Waals surface area contributed by atoms with E-state index in [0.717, 1.165) is 16.6 Å². The highest BCUT2D eigenvalue weighted by Crippen LogP contribution is 2.30. The zero-order valence-electron chi connectivity index (χ0n) is 19.6. The van der Waals surface area contributed by atoms with E-state index < -0.39 is 0 Å². The molecule has 4 aromatic carbocycles. The molecule has 0 aliphatic rings. The number of hydrogen-bond acceptors (Lipinski definition) is 4. The van der Waals surface area contributed by atoms with E-state index in [1.165, 1.54) is 0 Å². The van der Waals surface area contributed by atoms with Gasteiger partial charge >= 0.3 is 0 Å². The van der Waals surface area contributed by atoms with Crippen LogP contribution < -0.4 is 15.4 Å². The highest BCUT2D eigenvalue weighted by Gasteiger charge is 2.12. The Morgan fingerprint density at radius 3 is 2.42 bits per heavy atom. The van der Waals surface area contributed by atoms with E-state index in [1.54, 1.807) is 48.5 Å². The van der Waals surface area contributed by atoms with Crippen molar-refractivity contribution in [3.8, 4) is 17.1 Å². The van der Waals surface area contributed by atoms with Crippen LogP contribution in [-0.2, 0) is 6.61 Å². The number of fused-ring (bicyclic) bond motifs is 1. The molecule has 0 atom stereocenters. The number of halogens is 3. The van der Waals surface area contributed by atoms with Crippen molar-refractivity contribution in [3.63, 3.8) is 0 Å². The largest absolute Gasteiger partial charge is 0.489 e. The lowest BCUT2D eigenvalue weighted by molar-refractivity contribution is 0.0977. The first-order valence-electron chi connectivity index (χ1n) is 11.4. The molecule has 1 heterocycles. The lowest BCUT2D eigenvalue weighted by Gasteiger charge is -2.12. The van der Waals surface area contributed by atoms with Gasteiger partial charge < -0.3 is 15.0 Å². The fourth-order valence-electron chi connectivity index (χ4n) is 3.70. The molecule has 0 saturated carbocycles. The molecule has 10 heteroatoms. The Balaban J connectivity index is 1.19. The number of para-hydroxylation sites is 2. The maximum atomic E-state index is 12.7. The number of aromatic amines is 1. The Morgan fingerprint density at radius 2 is 1.66 bits per heavy atom. The molecule has 0 aliphatic heterocycles. The van der Waals surface area contributed by atoms with Crippen LogP contribution in [0.3, 0.4) is 0 Å². The third-order valence-electron chi connectivity index (χ3n) is 5.60. The first-order valence-corrected chi connectivity index (χ1v) is 12.9. The molecule has 0 spiro atoms. The molecule has 0 saturated heterocycles. The first-order chi connectivity index (χ1) is 18.4. The normalized spacial score (nSPS) is 10.8. The Labute approximate surface area is 238 Å². The van der Waals surface area contributed by atoms with Crippen LogP contribution in [0.1, 0.15) is 15.9 Å². The van der Waals surface area contributed by atoms with E-state index in [9.17, 15) is 4.79 Å². The first kappa shape index (κ1) is 26.0. The van der Waals surface area contributed by atoms with Gasteiger partial charge in [-0.25, -0.2) is 4.98 Å². The summed E-state index contributed by atoms with van der Waals surface area (Å²) >= 11 is 23.8. The summed E-state index contributed by atoms with van der Waals surface area (Å²) in [5.74, 6) is 0.883. The van der Waals surface area contributed by atoms with Gasteiger partial charge in [-0.05, 0) is 84.5 Å². The molecule has 190 valence electrons. The van der Waals surface area contributed by atoms with Crippen LogP contribution in [0.15, 0.2) is 84.9 Å². The number of nitrogens with one attached hydrogen (secondary N) is 3. The third kappa shape index (κ3) is 6.09. The number of nitrogens with zero attached hydrogens (tertiary/aromatic N) is 1. The topological polar surface area (TPSA) is 79.0 Å². The van der Waals surface area contributed by atoms with Gasteiger partial charge in [0.15, 0.2) is 5.11 Å². The Bertz CT molecular complexity index is 1620. The minimum atomic E-state index is -0.356. The van der Waals surface area contributed by atoms with Crippen LogP contribution in [0.5, 0.6) is 5.75 Å². The standard InChI is InChI=1S/C28H19Cl3N4O2S/c29-21-12-8-18(14-20(21)26-33-24-3-1-2-4-25(24)34-26)32-28(38)35-27(36)17-6-9-19(10-7-17)37-15-16-5-11-22(30)23(31)13-16/h1-14H,15H2,(H,33,34)(H2,32,35,36,38). The van der Waals surface area contributed by atoms with E-state index in [4.69, 9.17) is 51.8 Å². The molecule has 6 nitrogen and oxygen atoms in total. The lowest BCUT2D eigenvalue weighted by Crippen LogP contribution is -2.34. The molecule has 38 heavy (non-hydrogen) atoms. The second-order valence-electron chi connectivity index (χ2n) is 8.27. The number of rotatable bonds is 6. The number of amides is 1. The van der Waals surface area contributed by atoms with E-state index in [1.807, 2.05) is 36.4 Å². The molecule has 0 bridgehead atoms. The second-order valence-corrected chi connectivity index (χ2v) is 9.90. The van der Waals surface area contributed by atoms with Gasteiger partial charge in [-0.2, -0.15) is 0 Å². The quantitative estimate of drug-likeness (QED) is 0.178. The fourth-order valence-corrected chi connectivity index (χ4v) is 4.44. The summed E-state index contributed by atoms with van der Waals surface area (Å²) < 4.78 is 5.77. The van der Waals surface area contributed by atoms with Crippen molar-refractivity contribution in [3.05, 3.63) is 111 Å². The van der Waals surface area contributed by atoms with Crippen molar-refractivity contribution < 1.29 is 9.53 Å². The molecule has 0 aliphatic carbocycles. The number of carbonyl (C=O) groups excluding carboxylic acids is 1. The molecule has 0 unspecified atom stereocenters. The van der Waals surface area contributed by atoms with Crippen molar-refractivity contribution in [2.75, 3.05) is 5.32 Å². The maximum Gasteiger partial charge on any atom is 0.257 e. The summed E-state index contributed by atoms with van der Waals surface area (Å²) in [6.07, 6.45) is 0. The third-order valence-corrected chi connectivity index (χ3v) is 6.87. The smallest absolute Gasteiger partial charge is 0.257 e. The predicted octanol–water partition coefficient (Wildman–Crippen LogP) is 7.90. The molecular formula is C28H19Cl3N4O2S. The SMILES string of the molecule is O=C(NC(=S)Nc1ccc(Cl)c(-c2nc3ccccc3[nH]2)c1)c1ccc(OCc2ccc(Cl)c(Cl)c2)cc1. The van der Waals surface area contributed by atoms with E-state index >= 15 is 0 Å². The average molecular weight is 582 g/mol. The van der Waals surface area contributed by atoms with Gasteiger partial charge in [-0.15, -0.1) is 0 Å². The highest BCUT2D eigenvalue weighted by molar-refractivity contribution is 7.80. The molecule has 0 fully saturated rings. The van der Waals surface area contributed by atoms with Crippen LogP contribution in [0.2, 0.25) is 15.1 Å². The summed E-state index contributed by atoms with van der Waals surface area (Å²) in [4.78, 5) is 20.6. The summed E-state index contributed by atoms with van der Waals surface area (Å²) in [5.41, 5.74) is 4.41. The average Bonchev–Trinajstić information content (AvgIpc) is 3.35. The fraction of sp³-hybridized carbons (Fsp3) is 0.0357. The van der Waals surface area contributed by atoms with Crippen molar-refractivity contribution in [1.82, 2.24) is 15.3 Å². The summed E-state index contributed by atoms with van der Waals surface area (Å²) in [6, 6.07) is 25.1. The van der Waals surface area contributed by atoms with Crippen LogP contribution >= 0.6 is 47.0 Å². The maximum absolute atomic E-state index is 12.7. The number of thiocarbonyl (C=S) groups is 1. The van der Waals surface area contributed by atoms with Crippen LogP contribution in [-0.4, -0.2) is 21.0 Å². The van der Waals surface area contributed by atoms with E-state index in [0.29, 0.717) is 50.1 Å². The van der Waals surface area contributed by atoms with Gasteiger partial charge in [0.05, 0.1) is 26.1 Å². The van der Waals surface area contributed by atoms with Crippen molar-refractivity contribution in [2.45, 2.75) is 6.61 Å². The Hall–Kier alpha value is -3.62. The summed E-state index contributed by atoms with van der Waals surface area (Å²) in [6.45, 7) is 0.313. The molecule has 5 rings (SSSR count). The van der Waals surface area contributed by atoms with Gasteiger partial charge in [-0.3, -0.25) is 10.1 Å². The highest BCUT2D eigenvalue weighted by atomic mass is 35.5. The summed E-state index contributed by atoms with van der Waals surface area (Å²) in [7, 11) is 0. The van der Waals surface area contributed by atoms with E-state index in [2.05, 4.69) is 20.6 Å². The van der Waals surface area contributed by atoms with Crippen molar-refractivity contribution >= 4 is 74.8 Å². The minimum Gasteiger partial charge on any atom is -0.489 e. The van der Waals surface area contributed by atoms with Crippen LogP contribution in [0.25, 0.3) is 22.4 Å². The monoisotopic (exact) mass is 580 g/mol. The number of hydrogen-bond donors (Lipinski definition) is 3. The molecule has 1 aromatic heterocycles. The van der Waals surface area contributed by atoms with Gasteiger partial charge in [0.2, 0.25) is 0 Å². The van der Waals surface area contributed by atoms with Gasteiger partial charge in [0.1, 0.15) is 18.2 Å². The Kier molecular flexibility index (Phi) is 7.81. The van der Waals surface area contributed by atoms with Gasteiger partial charge in [-0.1, -0.05) is 53.0 Å². The summed E-state index contributed by atoms with van der Waals surface area (Å²) in [5, 5.41) is 7.35. The molecule has 3 N–H and O–H groups in total. The molecule has 0 radical (unpaired) electrons. The van der Waals surface area contributed by atoms with Crippen molar-refractivity contribution in [2.24, 2.45) is 0 Å². The zero-order chi connectivity index (χ0) is 26.6. The zero-order valence-corrected chi connectivity index (χ0v) is 22.7. The predicted molar refractivity (Wildman–Crippen MR) is 157 cm³/mol. The minimum absolute atomic E-state index is 0.146. The van der Waals surface area contributed by atoms with Crippen molar-refractivity contribution in [1.29, 1.82) is 0 Å². The number of benzene rings is 4. The Morgan fingerprint density at radius 1 is 0.895 bits per heavy atom. The lowest BCUT2D eigenvalue weighted by atomic mass is 10.2. The van der Waals surface area contributed by atoms with Crippen LogP contribution in [0, 0.1) is 0 Å². The number of H-pyrrole nitrogens is 1. The molecule has 5 aromatic rings. The van der Waals surface area contributed by atoms with Gasteiger partial charge in [0, 0.05) is 16.8 Å².